The number of aromatic nitrogens is 3. The van der Waals surface area contributed by atoms with Gasteiger partial charge in [-0.1, -0.05) is 96.0 Å². The molecule has 0 spiro atoms. The normalized spacial score (nSPS) is 18.1. The summed E-state index contributed by atoms with van der Waals surface area (Å²) in [5, 5.41) is 27.8. The largest absolute Gasteiger partial charge is 0.391 e. The third-order valence-corrected chi connectivity index (χ3v) is 11.3. The first-order chi connectivity index (χ1) is 27.6. The molecule has 1 saturated carbocycles. The van der Waals surface area contributed by atoms with Crippen molar-refractivity contribution in [1.29, 1.82) is 0 Å². The van der Waals surface area contributed by atoms with E-state index in [1.165, 1.54) is 6.42 Å². The van der Waals surface area contributed by atoms with Gasteiger partial charge in [0.05, 0.1) is 18.2 Å². The van der Waals surface area contributed by atoms with Crippen molar-refractivity contribution in [2.24, 2.45) is 17.8 Å². The average molecular weight is 799 g/mol. The molecule has 2 aliphatic rings. The van der Waals surface area contributed by atoms with Gasteiger partial charge in [-0.05, 0) is 55.9 Å². The number of nitrogens with zero attached hydrogens (tertiary/aromatic N) is 3. The monoisotopic (exact) mass is 799 g/mol. The lowest BCUT2D eigenvalue weighted by Crippen LogP contribution is -2.52. The van der Waals surface area contributed by atoms with E-state index in [9.17, 15) is 19.5 Å². The summed E-state index contributed by atoms with van der Waals surface area (Å²) in [5.74, 6) is -0.112. The Morgan fingerprint density at radius 2 is 1.74 bits per heavy atom. The minimum atomic E-state index is -0.956. The van der Waals surface area contributed by atoms with Crippen molar-refractivity contribution >= 4 is 29.6 Å². The van der Waals surface area contributed by atoms with Crippen molar-refractivity contribution in [2.75, 3.05) is 51.1 Å². The van der Waals surface area contributed by atoms with E-state index in [1.54, 1.807) is 7.11 Å². The molecule has 1 aliphatic heterocycles. The fourth-order valence-corrected chi connectivity index (χ4v) is 7.94. The molecule has 1 aromatic carbocycles. The Labute approximate surface area is 339 Å². The van der Waals surface area contributed by atoms with E-state index in [0.717, 1.165) is 44.1 Å². The first kappa shape index (κ1) is 45.9. The Hall–Kier alpha value is -3.79. The number of aliphatic hydroxyl groups is 1. The fraction of sp³-hybridized carbons (Fsp3) is 0.738. The van der Waals surface area contributed by atoms with Gasteiger partial charge in [0.15, 0.2) is 0 Å². The summed E-state index contributed by atoms with van der Waals surface area (Å²) in [6.07, 6.45) is 8.03. The Bertz CT molecular complexity index is 1450. The van der Waals surface area contributed by atoms with Gasteiger partial charge in [0.25, 0.3) is 5.91 Å². The van der Waals surface area contributed by atoms with Crippen LogP contribution in [0.1, 0.15) is 110 Å². The number of nitrogens with one attached hydrogen (secondary N) is 4. The van der Waals surface area contributed by atoms with E-state index in [2.05, 4.69) is 38.1 Å². The Morgan fingerprint density at radius 1 is 1.00 bits per heavy atom. The number of piperidine rings is 1. The van der Waals surface area contributed by atoms with Crippen molar-refractivity contribution < 1.29 is 33.7 Å². The average Bonchev–Trinajstić information content (AvgIpc) is 3.64. The minimum absolute atomic E-state index is 0.0214. The van der Waals surface area contributed by atoms with Crippen LogP contribution in [0.2, 0.25) is 0 Å². The molecule has 2 heterocycles. The van der Waals surface area contributed by atoms with E-state index in [0.29, 0.717) is 76.6 Å². The molecule has 57 heavy (non-hydrogen) atoms. The number of ether oxygens (including phenoxy) is 3. The van der Waals surface area contributed by atoms with E-state index < -0.39 is 30.3 Å². The highest BCUT2D eigenvalue weighted by Crippen LogP contribution is 2.30. The number of likely N-dealkylation sites (tertiary alicyclic amines) is 1. The number of aliphatic hydroxyl groups excluding tert-OH is 1. The van der Waals surface area contributed by atoms with Crippen molar-refractivity contribution in [3.05, 3.63) is 35.9 Å². The maximum absolute atomic E-state index is 14.4. The predicted molar refractivity (Wildman–Crippen MR) is 220 cm³/mol. The van der Waals surface area contributed by atoms with E-state index in [4.69, 9.17) is 19.9 Å². The van der Waals surface area contributed by atoms with Crippen molar-refractivity contribution in [3.8, 4) is 0 Å². The highest BCUT2D eigenvalue weighted by Gasteiger charge is 2.36. The number of amides is 3. The quantitative estimate of drug-likeness (QED) is 0.0606. The zero-order chi connectivity index (χ0) is 41.0. The van der Waals surface area contributed by atoms with Gasteiger partial charge >= 0.3 is 0 Å². The van der Waals surface area contributed by atoms with Crippen molar-refractivity contribution in [3.63, 3.8) is 0 Å². The summed E-state index contributed by atoms with van der Waals surface area (Å²) in [4.78, 5) is 47.9. The summed E-state index contributed by atoms with van der Waals surface area (Å²) < 4.78 is 17.5. The summed E-state index contributed by atoms with van der Waals surface area (Å²) in [5.41, 5.74) is 6.53. The van der Waals surface area contributed by atoms with Gasteiger partial charge in [-0.2, -0.15) is 4.98 Å². The van der Waals surface area contributed by atoms with Crippen LogP contribution in [-0.4, -0.2) is 113 Å². The SMILES string of the molecule is CCCC[C@H](O[C@@H](Cc1ccccc1)C(=O)N1CCC(OCOC)CC1)C(=O)N[C@@H](CC1CCCCC1)[C@@H](O)C[C@H](C(=O)NCCCNc1n[nH]c(N)n1)C(C)C. The predicted octanol–water partition coefficient (Wildman–Crippen LogP) is 4.58. The molecule has 320 valence electrons. The summed E-state index contributed by atoms with van der Waals surface area (Å²) in [6, 6.07) is 9.18. The second-order valence-electron chi connectivity index (χ2n) is 16.2. The van der Waals surface area contributed by atoms with Gasteiger partial charge in [0.2, 0.25) is 23.7 Å². The first-order valence-electron chi connectivity index (χ1n) is 21.3. The van der Waals surface area contributed by atoms with E-state index >= 15 is 0 Å². The molecule has 4 rings (SSSR count). The van der Waals surface area contributed by atoms with E-state index in [-0.39, 0.29) is 48.9 Å². The number of aromatic amines is 1. The van der Waals surface area contributed by atoms with Gasteiger partial charge in [-0.15, -0.1) is 5.10 Å². The van der Waals surface area contributed by atoms with Gasteiger partial charge in [-0.3, -0.25) is 14.4 Å². The molecule has 2 fully saturated rings. The minimum Gasteiger partial charge on any atom is -0.391 e. The molecule has 0 unspecified atom stereocenters. The van der Waals surface area contributed by atoms with Gasteiger partial charge in [0.1, 0.15) is 19.0 Å². The number of hydrogen-bond donors (Lipinski definition) is 6. The molecular formula is C42H70N8O7. The number of anilines is 2. The third kappa shape index (κ3) is 15.8. The van der Waals surface area contributed by atoms with Crippen LogP contribution in [0.3, 0.4) is 0 Å². The molecule has 1 saturated heterocycles. The fourth-order valence-electron chi connectivity index (χ4n) is 7.94. The Morgan fingerprint density at radius 3 is 2.39 bits per heavy atom. The van der Waals surface area contributed by atoms with E-state index in [1.807, 2.05) is 49.1 Å². The van der Waals surface area contributed by atoms with Gasteiger partial charge < -0.3 is 45.9 Å². The number of rotatable bonds is 25. The maximum atomic E-state index is 14.4. The smallest absolute Gasteiger partial charge is 0.252 e. The van der Waals surface area contributed by atoms with Crippen LogP contribution in [0.25, 0.3) is 0 Å². The van der Waals surface area contributed by atoms with Crippen LogP contribution < -0.4 is 21.7 Å². The van der Waals surface area contributed by atoms with Gasteiger partial charge in [-0.25, -0.2) is 5.10 Å². The number of hydrogen-bond acceptors (Lipinski definition) is 11. The molecule has 15 heteroatoms. The molecular weight excluding hydrogens is 729 g/mol. The molecule has 0 radical (unpaired) electrons. The maximum Gasteiger partial charge on any atom is 0.252 e. The standard InChI is InChI=1S/C42H70N8O7/c1-5-6-18-36(57-37(26-31-16-11-8-12-17-31)40(54)50-23-19-32(20-24-50)56-28-55-4)39(53)46-34(25-30-14-9-7-10-15-30)35(51)27-33(29(2)3)38(52)44-21-13-22-45-42-47-41(43)48-49-42/h8,11-12,16-17,29-30,32-37,51H,5-7,9-10,13-15,18-28H2,1-4H3,(H,44,52)(H,46,53)(H4,43,45,47,48,49)/t33-,34-,35-,36-,37-/m0/s1. The number of nitrogen functional groups attached to an aromatic ring is 1. The molecule has 7 N–H and O–H groups in total. The molecule has 1 aliphatic carbocycles. The molecule has 0 bridgehead atoms. The van der Waals surface area contributed by atoms with Crippen molar-refractivity contribution in [2.45, 2.75) is 141 Å². The second-order valence-corrected chi connectivity index (χ2v) is 16.2. The van der Waals surface area contributed by atoms with Crippen LogP contribution in [0.15, 0.2) is 30.3 Å². The highest BCUT2D eigenvalue weighted by molar-refractivity contribution is 5.84. The van der Waals surface area contributed by atoms with Crippen LogP contribution in [0, 0.1) is 17.8 Å². The number of methoxy groups -OCH3 is 1. The lowest BCUT2D eigenvalue weighted by molar-refractivity contribution is -0.157. The van der Waals surface area contributed by atoms with Crippen LogP contribution in [0.5, 0.6) is 0 Å². The molecule has 15 nitrogen and oxygen atoms in total. The van der Waals surface area contributed by atoms with Crippen LogP contribution >= 0.6 is 0 Å². The molecule has 5 atom stereocenters. The van der Waals surface area contributed by atoms with Crippen molar-refractivity contribution in [1.82, 2.24) is 30.7 Å². The Balaban J connectivity index is 1.45. The zero-order valence-electron chi connectivity index (χ0n) is 34.8. The summed E-state index contributed by atoms with van der Waals surface area (Å²) in [7, 11) is 1.60. The zero-order valence-corrected chi connectivity index (χ0v) is 34.8. The lowest BCUT2D eigenvalue weighted by atomic mass is 9.81. The number of nitrogens with two attached hydrogens (primary N) is 1. The molecule has 3 amide bonds. The molecule has 1 aromatic heterocycles. The van der Waals surface area contributed by atoms with Gasteiger partial charge in [0, 0.05) is 45.6 Å². The number of unbranched alkanes of at least 4 members (excludes halogenated alkanes) is 1. The summed E-state index contributed by atoms with van der Waals surface area (Å²) in [6.45, 7) is 8.28. The number of carbonyl (C=O) groups is 3. The van der Waals surface area contributed by atoms with Crippen LogP contribution in [-0.2, 0) is 35.0 Å². The summed E-state index contributed by atoms with van der Waals surface area (Å²) >= 11 is 0. The second kappa shape index (κ2) is 24.9. The number of H-pyrrole nitrogens is 1. The Kier molecular flexibility index (Phi) is 20.0. The highest BCUT2D eigenvalue weighted by atomic mass is 16.7. The number of benzene rings is 1. The molecule has 2 aromatic rings. The first-order valence-corrected chi connectivity index (χ1v) is 21.3. The van der Waals surface area contributed by atoms with Crippen LogP contribution in [0.4, 0.5) is 11.9 Å². The lowest BCUT2D eigenvalue weighted by Gasteiger charge is -2.36. The number of carbonyl (C=O) groups excluding carboxylic acids is 3. The third-order valence-electron chi connectivity index (χ3n) is 11.3. The topological polar surface area (TPSA) is 206 Å².